The van der Waals surface area contributed by atoms with Crippen molar-refractivity contribution in [2.45, 2.75) is 38.0 Å². The number of hydrogen-bond donors (Lipinski definition) is 1. The van der Waals surface area contributed by atoms with E-state index in [4.69, 9.17) is 0 Å². The number of fused-ring (bicyclic) bond motifs is 5. The van der Waals surface area contributed by atoms with Crippen LogP contribution in [-0.4, -0.2) is 25.0 Å². The largest absolute Gasteiger partial charge is 0.223 e. The zero-order chi connectivity index (χ0) is 24.4. The molecule has 0 fully saturated rings. The van der Waals surface area contributed by atoms with Gasteiger partial charge in [0, 0.05) is 5.41 Å². The number of rotatable bonds is 2. The highest BCUT2D eigenvalue weighted by Crippen LogP contribution is 2.55. The van der Waals surface area contributed by atoms with E-state index in [0.717, 1.165) is 0 Å². The number of thiol groups is 1. The first-order chi connectivity index (χ1) is 15.8. The first-order valence-electron chi connectivity index (χ1n) is 11.7. The van der Waals surface area contributed by atoms with Crippen molar-refractivity contribution < 1.29 is 0 Å². The van der Waals surface area contributed by atoms with Gasteiger partial charge in [0.15, 0.2) is 0 Å². The van der Waals surface area contributed by atoms with E-state index < -0.39 is 10.0 Å². The lowest BCUT2D eigenvalue weighted by Gasteiger charge is -2.30. The van der Waals surface area contributed by atoms with Crippen LogP contribution in [0.2, 0.25) is 0 Å². The maximum atomic E-state index is 3.53. The molecule has 1 aliphatic rings. The summed E-state index contributed by atoms with van der Waals surface area (Å²) in [6.07, 6.45) is 8.88. The van der Waals surface area contributed by atoms with Crippen LogP contribution in [-0.2, 0) is 5.41 Å². The Hall–Kier alpha value is -2.16. The van der Waals surface area contributed by atoms with Crippen LogP contribution in [0.1, 0.15) is 38.8 Å². The van der Waals surface area contributed by atoms with Gasteiger partial charge in [-0.2, -0.15) is 12.6 Å². The summed E-state index contributed by atoms with van der Waals surface area (Å²) >= 11 is 3.53. The minimum Gasteiger partial charge on any atom is -0.223 e. The smallest absolute Gasteiger partial charge is 0.0159 e. The molecule has 0 aliphatic heterocycles. The molecule has 0 N–H and O–H groups in total. The summed E-state index contributed by atoms with van der Waals surface area (Å²) in [5.74, 6) is 0. The van der Waals surface area contributed by atoms with Crippen LogP contribution >= 0.6 is 22.7 Å². The molecule has 0 nitrogen and oxygen atoms in total. The summed E-state index contributed by atoms with van der Waals surface area (Å²) in [6.45, 7) is 8.71. The molecular formula is C31H38S2. The molecule has 0 spiro atoms. The molecule has 0 amide bonds. The van der Waals surface area contributed by atoms with E-state index in [9.17, 15) is 0 Å². The minimum atomic E-state index is -0.871. The molecule has 4 aromatic carbocycles. The third-order valence-electron chi connectivity index (χ3n) is 6.41. The van der Waals surface area contributed by atoms with Gasteiger partial charge in [-0.05, 0) is 86.2 Å². The molecule has 33 heavy (non-hydrogen) atoms. The lowest BCUT2D eigenvalue weighted by atomic mass is 9.82. The van der Waals surface area contributed by atoms with Gasteiger partial charge in [0.25, 0.3) is 0 Å². The molecule has 0 bridgehead atoms. The second-order valence-electron chi connectivity index (χ2n) is 9.43. The minimum absolute atomic E-state index is 0.0426. The average molecular weight is 475 g/mol. The van der Waals surface area contributed by atoms with Gasteiger partial charge in [-0.1, -0.05) is 94.4 Å². The summed E-state index contributed by atoms with van der Waals surface area (Å²) in [6, 6.07) is 29.5. The van der Waals surface area contributed by atoms with Crippen LogP contribution in [0.25, 0.3) is 33.0 Å². The SMILES string of the molecule is CC.CC1(C)c2ccccc2-c2c1ccc1cc(S(C)(C)C)c(-c3ccccc3)cc21.CS. The van der Waals surface area contributed by atoms with Gasteiger partial charge < -0.3 is 0 Å². The molecule has 5 rings (SSSR count). The highest BCUT2D eigenvalue weighted by atomic mass is 32.3. The van der Waals surface area contributed by atoms with Crippen molar-refractivity contribution in [1.82, 2.24) is 0 Å². The van der Waals surface area contributed by atoms with Gasteiger partial charge in [0.1, 0.15) is 0 Å². The summed E-state index contributed by atoms with van der Waals surface area (Å²) in [5.41, 5.74) is 8.45. The van der Waals surface area contributed by atoms with E-state index in [1.807, 2.05) is 13.8 Å². The molecule has 0 saturated carbocycles. The quantitative estimate of drug-likeness (QED) is 0.275. The van der Waals surface area contributed by atoms with Crippen molar-refractivity contribution in [3.05, 3.63) is 90.0 Å². The predicted molar refractivity (Wildman–Crippen MR) is 157 cm³/mol. The normalized spacial score (nSPS) is 13.7. The molecule has 0 unspecified atom stereocenters. The van der Waals surface area contributed by atoms with Crippen molar-refractivity contribution >= 4 is 33.4 Å². The Morgan fingerprint density at radius 2 is 1.27 bits per heavy atom. The van der Waals surface area contributed by atoms with Gasteiger partial charge in [-0.15, -0.1) is 0 Å². The summed E-state index contributed by atoms with van der Waals surface area (Å²) in [4.78, 5) is 1.49. The van der Waals surface area contributed by atoms with Crippen LogP contribution in [0, 0.1) is 0 Å². The zero-order valence-corrected chi connectivity index (χ0v) is 23.1. The van der Waals surface area contributed by atoms with Crippen LogP contribution < -0.4 is 0 Å². The van der Waals surface area contributed by atoms with Gasteiger partial charge >= 0.3 is 0 Å². The fraction of sp³-hybridized carbons (Fsp3) is 0.290. The van der Waals surface area contributed by atoms with E-state index in [1.165, 1.54) is 49.0 Å². The molecule has 0 radical (unpaired) electrons. The molecule has 0 aromatic heterocycles. The third-order valence-corrected chi connectivity index (χ3v) is 8.06. The Bertz CT molecular complexity index is 1250. The van der Waals surface area contributed by atoms with E-state index in [-0.39, 0.29) is 5.41 Å². The lowest BCUT2D eigenvalue weighted by molar-refractivity contribution is 0.661. The van der Waals surface area contributed by atoms with Crippen LogP contribution in [0.4, 0.5) is 0 Å². The Balaban J connectivity index is 0.000000728. The molecule has 4 aromatic rings. The Morgan fingerprint density at radius 3 is 1.91 bits per heavy atom. The second-order valence-corrected chi connectivity index (χ2v) is 13.5. The number of benzene rings is 4. The van der Waals surface area contributed by atoms with Crippen LogP contribution in [0.15, 0.2) is 83.8 Å². The molecule has 0 atom stereocenters. The molecule has 174 valence electrons. The monoisotopic (exact) mass is 474 g/mol. The van der Waals surface area contributed by atoms with Gasteiger partial charge in [0.05, 0.1) is 0 Å². The highest BCUT2D eigenvalue weighted by Gasteiger charge is 2.36. The average Bonchev–Trinajstić information content (AvgIpc) is 3.08. The molecule has 1 aliphatic carbocycles. The van der Waals surface area contributed by atoms with Crippen molar-refractivity contribution in [1.29, 1.82) is 0 Å². The van der Waals surface area contributed by atoms with E-state index in [0.29, 0.717) is 0 Å². The first kappa shape index (κ1) is 25.5. The van der Waals surface area contributed by atoms with Crippen molar-refractivity contribution in [3.63, 3.8) is 0 Å². The van der Waals surface area contributed by atoms with E-state index >= 15 is 0 Å². The molecule has 0 heterocycles. The molecule has 0 saturated heterocycles. The molecular weight excluding hydrogens is 436 g/mol. The predicted octanol–water partition coefficient (Wildman–Crippen LogP) is 9.44. The van der Waals surface area contributed by atoms with E-state index in [2.05, 4.69) is 124 Å². The highest BCUT2D eigenvalue weighted by molar-refractivity contribution is 8.32. The van der Waals surface area contributed by atoms with Crippen LogP contribution in [0.3, 0.4) is 0 Å². The zero-order valence-electron chi connectivity index (χ0n) is 21.4. The van der Waals surface area contributed by atoms with Gasteiger partial charge in [-0.25, -0.2) is 10.0 Å². The second kappa shape index (κ2) is 9.99. The maximum Gasteiger partial charge on any atom is 0.0159 e. The first-order valence-corrected chi connectivity index (χ1v) is 15.4. The van der Waals surface area contributed by atoms with Crippen LogP contribution in [0.5, 0.6) is 0 Å². The lowest BCUT2D eigenvalue weighted by Crippen LogP contribution is -2.14. The fourth-order valence-electron chi connectivity index (χ4n) is 4.90. The third kappa shape index (κ3) is 4.48. The fourth-order valence-corrected chi connectivity index (χ4v) is 6.22. The summed E-state index contributed by atoms with van der Waals surface area (Å²) < 4.78 is 0. The van der Waals surface area contributed by atoms with E-state index in [1.54, 1.807) is 6.26 Å². The number of hydrogen-bond acceptors (Lipinski definition) is 1. The Kier molecular flexibility index (Phi) is 7.71. The van der Waals surface area contributed by atoms with Crippen molar-refractivity contribution in [2.75, 3.05) is 25.0 Å². The maximum absolute atomic E-state index is 3.53. The Morgan fingerprint density at radius 1 is 0.667 bits per heavy atom. The van der Waals surface area contributed by atoms with Gasteiger partial charge in [-0.3, -0.25) is 0 Å². The topological polar surface area (TPSA) is 0 Å². The summed E-state index contributed by atoms with van der Waals surface area (Å²) in [5, 5.41) is 2.74. The summed E-state index contributed by atoms with van der Waals surface area (Å²) in [7, 11) is -0.871. The van der Waals surface area contributed by atoms with Crippen molar-refractivity contribution in [3.8, 4) is 22.3 Å². The van der Waals surface area contributed by atoms with Gasteiger partial charge in [0.2, 0.25) is 0 Å². The Labute approximate surface area is 208 Å². The molecule has 2 heteroatoms. The van der Waals surface area contributed by atoms with Crippen molar-refractivity contribution in [2.24, 2.45) is 0 Å². The standard InChI is InChI=1S/C28H28S.C2H6.CH4S/c1-28(2)24-14-10-9-13-21(24)27-23-18-22(19-11-7-6-8-12-19)26(29(3,4)5)17-20(23)15-16-25(27)28;2*1-2/h6-18H,1-5H3;1-2H3;2H,1H3.